The molecule has 1 unspecified atom stereocenters. The highest BCUT2D eigenvalue weighted by atomic mass is 35.5. The summed E-state index contributed by atoms with van der Waals surface area (Å²) in [5.41, 5.74) is 8.02. The van der Waals surface area contributed by atoms with Crippen molar-refractivity contribution in [2.45, 2.75) is 12.5 Å². The van der Waals surface area contributed by atoms with E-state index in [-0.39, 0.29) is 6.04 Å². The van der Waals surface area contributed by atoms with Crippen LogP contribution in [0.2, 0.25) is 5.02 Å². The Morgan fingerprint density at radius 2 is 2.19 bits per heavy atom. The molecule has 0 radical (unpaired) electrons. The zero-order chi connectivity index (χ0) is 11.5. The van der Waals surface area contributed by atoms with Gasteiger partial charge in [0.2, 0.25) is 0 Å². The second-order valence-electron chi connectivity index (χ2n) is 3.68. The number of hydrogen-bond acceptors (Lipinski definition) is 3. The van der Waals surface area contributed by atoms with Crippen LogP contribution < -0.4 is 5.73 Å². The van der Waals surface area contributed by atoms with E-state index >= 15 is 0 Å². The third-order valence-corrected chi connectivity index (χ3v) is 2.90. The van der Waals surface area contributed by atoms with Gasteiger partial charge in [0.1, 0.15) is 0 Å². The molecule has 0 fully saturated rings. The summed E-state index contributed by atoms with van der Waals surface area (Å²) in [5.74, 6) is 0. The van der Waals surface area contributed by atoms with Crippen molar-refractivity contribution in [2.75, 3.05) is 0 Å². The number of nitrogens with two attached hydrogens (primary N) is 1. The van der Waals surface area contributed by atoms with E-state index in [0.29, 0.717) is 6.42 Å². The Hall–Kier alpha value is -1.39. The van der Waals surface area contributed by atoms with E-state index in [1.807, 2.05) is 31.3 Å². The van der Waals surface area contributed by atoms with Gasteiger partial charge in [-0.25, -0.2) is 0 Å². The van der Waals surface area contributed by atoms with Crippen molar-refractivity contribution in [3.8, 4) is 0 Å². The van der Waals surface area contributed by atoms with Crippen molar-refractivity contribution < 1.29 is 0 Å². The number of hydrogen-bond donors (Lipinski definition) is 1. The third kappa shape index (κ3) is 2.23. The van der Waals surface area contributed by atoms with E-state index in [1.165, 1.54) is 0 Å². The molecule has 0 bridgehead atoms. The smallest absolute Gasteiger partial charge is 0.0754 e. The van der Waals surface area contributed by atoms with Gasteiger partial charge >= 0.3 is 0 Å². The number of aryl methyl sites for hydroxylation is 1. The summed E-state index contributed by atoms with van der Waals surface area (Å²) in [6.45, 7) is 0. The zero-order valence-electron chi connectivity index (χ0n) is 8.97. The van der Waals surface area contributed by atoms with Gasteiger partial charge in [0, 0.05) is 12.1 Å². The Labute approximate surface area is 99.0 Å². The minimum atomic E-state index is -0.139. The number of halogens is 1. The van der Waals surface area contributed by atoms with Gasteiger partial charge in [-0.2, -0.15) is 0 Å². The monoisotopic (exact) mass is 236 g/mol. The molecule has 2 rings (SSSR count). The van der Waals surface area contributed by atoms with Gasteiger partial charge in [0.15, 0.2) is 0 Å². The van der Waals surface area contributed by atoms with E-state index in [9.17, 15) is 0 Å². The van der Waals surface area contributed by atoms with E-state index in [2.05, 4.69) is 10.3 Å². The highest BCUT2D eigenvalue weighted by Gasteiger charge is 2.12. The first kappa shape index (κ1) is 11.1. The van der Waals surface area contributed by atoms with Crippen molar-refractivity contribution in [1.29, 1.82) is 0 Å². The lowest BCUT2D eigenvalue weighted by Gasteiger charge is -2.12. The number of aromatic nitrogens is 3. The van der Waals surface area contributed by atoms with Crippen molar-refractivity contribution in [3.05, 3.63) is 46.7 Å². The first-order chi connectivity index (χ1) is 7.68. The molecule has 0 aliphatic heterocycles. The number of rotatable bonds is 3. The van der Waals surface area contributed by atoms with Crippen LogP contribution >= 0.6 is 11.6 Å². The molecule has 2 N–H and O–H groups in total. The standard InChI is InChI=1S/C11H13ClN4/c1-16-11(7-14-15-16)10(13)6-8-4-2-3-5-9(8)12/h2-5,7,10H,6,13H2,1H3. The van der Waals surface area contributed by atoms with Gasteiger partial charge in [0.05, 0.1) is 17.9 Å². The van der Waals surface area contributed by atoms with Crippen LogP contribution in [0.15, 0.2) is 30.5 Å². The molecular weight excluding hydrogens is 224 g/mol. The molecule has 0 aliphatic carbocycles. The summed E-state index contributed by atoms with van der Waals surface area (Å²) < 4.78 is 1.68. The van der Waals surface area contributed by atoms with Crippen LogP contribution in [-0.4, -0.2) is 15.0 Å². The molecule has 0 spiro atoms. The minimum absolute atomic E-state index is 0.139. The molecule has 1 heterocycles. The lowest BCUT2D eigenvalue weighted by atomic mass is 10.0. The fourth-order valence-electron chi connectivity index (χ4n) is 1.64. The molecule has 1 aromatic heterocycles. The van der Waals surface area contributed by atoms with Crippen LogP contribution in [0, 0.1) is 0 Å². The maximum Gasteiger partial charge on any atom is 0.0754 e. The van der Waals surface area contributed by atoms with Crippen molar-refractivity contribution in [2.24, 2.45) is 12.8 Å². The average Bonchev–Trinajstić information content (AvgIpc) is 2.68. The maximum absolute atomic E-state index is 6.08. The summed E-state index contributed by atoms with van der Waals surface area (Å²) in [6, 6.07) is 7.56. The molecule has 0 saturated carbocycles. The summed E-state index contributed by atoms with van der Waals surface area (Å²) in [5, 5.41) is 8.41. The molecular formula is C11H13ClN4. The van der Waals surface area contributed by atoms with Crippen LogP contribution in [0.4, 0.5) is 0 Å². The Morgan fingerprint density at radius 1 is 1.44 bits per heavy atom. The van der Waals surface area contributed by atoms with Crippen LogP contribution in [-0.2, 0) is 13.5 Å². The lowest BCUT2D eigenvalue weighted by Crippen LogP contribution is -2.17. The van der Waals surface area contributed by atoms with Crippen LogP contribution in [0.5, 0.6) is 0 Å². The first-order valence-corrected chi connectivity index (χ1v) is 5.40. The molecule has 0 amide bonds. The summed E-state index contributed by atoms with van der Waals surface area (Å²) in [7, 11) is 1.83. The second-order valence-corrected chi connectivity index (χ2v) is 4.09. The topological polar surface area (TPSA) is 56.7 Å². The molecule has 1 atom stereocenters. The minimum Gasteiger partial charge on any atom is -0.322 e. The summed E-state index contributed by atoms with van der Waals surface area (Å²) in [6.07, 6.45) is 2.36. The van der Waals surface area contributed by atoms with Gasteiger partial charge in [-0.15, -0.1) is 5.10 Å². The molecule has 4 nitrogen and oxygen atoms in total. The lowest BCUT2D eigenvalue weighted by molar-refractivity contribution is 0.607. The van der Waals surface area contributed by atoms with Crippen molar-refractivity contribution in [1.82, 2.24) is 15.0 Å². The molecule has 1 aromatic carbocycles. The third-order valence-electron chi connectivity index (χ3n) is 2.53. The normalized spacial score (nSPS) is 12.7. The van der Waals surface area contributed by atoms with Crippen molar-refractivity contribution in [3.63, 3.8) is 0 Å². The Balaban J connectivity index is 2.17. The molecule has 0 aliphatic rings. The molecule has 84 valence electrons. The van der Waals surface area contributed by atoms with E-state index in [1.54, 1.807) is 10.9 Å². The predicted molar refractivity (Wildman–Crippen MR) is 63.1 cm³/mol. The molecule has 0 saturated heterocycles. The Bertz CT molecular complexity index is 480. The fourth-order valence-corrected chi connectivity index (χ4v) is 1.85. The predicted octanol–water partition coefficient (Wildman–Crippen LogP) is 1.71. The SMILES string of the molecule is Cn1nncc1C(N)Cc1ccccc1Cl. The average molecular weight is 237 g/mol. The zero-order valence-corrected chi connectivity index (χ0v) is 9.72. The maximum atomic E-state index is 6.08. The second kappa shape index (κ2) is 4.63. The van der Waals surface area contributed by atoms with Gasteiger partial charge in [0.25, 0.3) is 0 Å². The van der Waals surface area contributed by atoms with Gasteiger partial charge < -0.3 is 5.73 Å². The number of benzene rings is 1. The highest BCUT2D eigenvalue weighted by Crippen LogP contribution is 2.20. The first-order valence-electron chi connectivity index (χ1n) is 5.02. The Kier molecular flexibility index (Phi) is 3.22. The van der Waals surface area contributed by atoms with Gasteiger partial charge in [-0.1, -0.05) is 35.0 Å². The van der Waals surface area contributed by atoms with Crippen molar-refractivity contribution >= 4 is 11.6 Å². The largest absolute Gasteiger partial charge is 0.322 e. The van der Waals surface area contributed by atoms with E-state index in [4.69, 9.17) is 17.3 Å². The van der Waals surface area contributed by atoms with Crippen LogP contribution in [0.3, 0.4) is 0 Å². The molecule has 2 aromatic rings. The van der Waals surface area contributed by atoms with Gasteiger partial charge in [-0.3, -0.25) is 4.68 Å². The molecule has 5 heteroatoms. The Morgan fingerprint density at radius 3 is 2.81 bits per heavy atom. The highest BCUT2D eigenvalue weighted by molar-refractivity contribution is 6.31. The molecule has 16 heavy (non-hydrogen) atoms. The fraction of sp³-hybridized carbons (Fsp3) is 0.273. The number of nitrogens with zero attached hydrogens (tertiary/aromatic N) is 3. The van der Waals surface area contributed by atoms with Gasteiger partial charge in [-0.05, 0) is 18.1 Å². The van der Waals surface area contributed by atoms with Crippen LogP contribution in [0.25, 0.3) is 0 Å². The van der Waals surface area contributed by atoms with Crippen LogP contribution in [0.1, 0.15) is 17.3 Å². The summed E-state index contributed by atoms with van der Waals surface area (Å²) in [4.78, 5) is 0. The quantitative estimate of drug-likeness (QED) is 0.883. The van der Waals surface area contributed by atoms with E-state index < -0.39 is 0 Å². The summed E-state index contributed by atoms with van der Waals surface area (Å²) >= 11 is 6.08. The van der Waals surface area contributed by atoms with E-state index in [0.717, 1.165) is 16.3 Å².